The molecule has 2 heterocycles. The van der Waals surface area contributed by atoms with Crippen molar-refractivity contribution in [3.8, 4) is 0 Å². The fourth-order valence-electron chi connectivity index (χ4n) is 5.47. The normalized spacial score (nSPS) is 26.1. The van der Waals surface area contributed by atoms with Crippen LogP contribution < -0.4 is 5.32 Å². The van der Waals surface area contributed by atoms with Gasteiger partial charge in [0.15, 0.2) is 0 Å². The van der Waals surface area contributed by atoms with Crippen LogP contribution in [0.4, 0.5) is 22.8 Å². The molecule has 1 aromatic rings. The molecular formula is C24H30F3N3O6. The molecule has 36 heavy (non-hydrogen) atoms. The lowest BCUT2D eigenvalue weighted by Gasteiger charge is -2.34. The van der Waals surface area contributed by atoms with E-state index >= 15 is 0 Å². The highest BCUT2D eigenvalue weighted by Gasteiger charge is 2.57. The Labute approximate surface area is 206 Å². The zero-order chi connectivity index (χ0) is 25.9. The summed E-state index contributed by atoms with van der Waals surface area (Å²) in [6, 6.07) is 9.01. The lowest BCUT2D eigenvalue weighted by Crippen LogP contribution is -2.56. The summed E-state index contributed by atoms with van der Waals surface area (Å²) in [5.74, 6) is -2.68. The topological polar surface area (TPSA) is 97.4 Å². The van der Waals surface area contributed by atoms with E-state index in [-0.39, 0.29) is 43.3 Å². The van der Waals surface area contributed by atoms with Gasteiger partial charge >= 0.3 is 24.3 Å². The van der Waals surface area contributed by atoms with E-state index in [9.17, 15) is 27.6 Å². The zero-order valence-electron chi connectivity index (χ0n) is 19.9. The Balaban J connectivity index is 1.27. The van der Waals surface area contributed by atoms with Crippen molar-refractivity contribution >= 4 is 18.1 Å². The Kier molecular flexibility index (Phi) is 7.91. The molecule has 4 rings (SSSR count). The van der Waals surface area contributed by atoms with Crippen LogP contribution >= 0.6 is 0 Å². The van der Waals surface area contributed by atoms with Gasteiger partial charge in [0, 0.05) is 31.0 Å². The monoisotopic (exact) mass is 513 g/mol. The van der Waals surface area contributed by atoms with Crippen molar-refractivity contribution in [2.75, 3.05) is 26.8 Å². The summed E-state index contributed by atoms with van der Waals surface area (Å²) in [6.07, 6.45) is -5.08. The average Bonchev–Trinajstić information content (AvgIpc) is 3.41. The van der Waals surface area contributed by atoms with Crippen molar-refractivity contribution in [2.24, 2.45) is 11.8 Å². The van der Waals surface area contributed by atoms with E-state index in [2.05, 4.69) is 0 Å². The molecule has 9 nitrogen and oxygen atoms in total. The lowest BCUT2D eigenvalue weighted by molar-refractivity contribution is -0.175. The summed E-state index contributed by atoms with van der Waals surface area (Å²) < 4.78 is 54.8. The first kappa shape index (κ1) is 26.1. The minimum atomic E-state index is -5.05. The molecule has 3 fully saturated rings. The molecular weight excluding hydrogens is 483 g/mol. The number of amides is 3. The number of carbonyl (C=O) groups excluding carboxylic acids is 3. The Bertz CT molecular complexity index is 939. The van der Waals surface area contributed by atoms with Gasteiger partial charge in [0.05, 0.1) is 19.8 Å². The second-order valence-electron chi connectivity index (χ2n) is 9.33. The lowest BCUT2D eigenvalue weighted by atomic mass is 9.96. The molecule has 0 aromatic heterocycles. The number of methoxy groups -OCH3 is 1. The summed E-state index contributed by atoms with van der Waals surface area (Å²) in [4.78, 5) is 39.1. The first-order valence-corrected chi connectivity index (χ1v) is 12.0. The number of carbonyl (C=O) groups is 3. The van der Waals surface area contributed by atoms with Gasteiger partial charge in [-0.3, -0.25) is 9.69 Å². The third kappa shape index (κ3) is 5.69. The summed E-state index contributed by atoms with van der Waals surface area (Å²) in [5.41, 5.74) is 0.904. The molecule has 2 aliphatic heterocycles. The second-order valence-corrected chi connectivity index (χ2v) is 9.33. The molecule has 3 amide bonds. The highest BCUT2D eigenvalue weighted by atomic mass is 19.4. The van der Waals surface area contributed by atoms with E-state index in [0.717, 1.165) is 12.7 Å². The number of piperidine rings is 2. The van der Waals surface area contributed by atoms with E-state index in [1.807, 2.05) is 35.6 Å². The van der Waals surface area contributed by atoms with Crippen LogP contribution in [0.2, 0.25) is 0 Å². The van der Waals surface area contributed by atoms with Crippen LogP contribution in [-0.2, 0) is 25.6 Å². The number of ether oxygens (including phenoxy) is 3. The van der Waals surface area contributed by atoms with Gasteiger partial charge in [-0.1, -0.05) is 30.3 Å². The number of nitrogens with zero attached hydrogens (tertiary/aromatic N) is 2. The molecule has 12 heteroatoms. The fourth-order valence-corrected chi connectivity index (χ4v) is 5.47. The first-order chi connectivity index (χ1) is 17.2. The molecule has 4 atom stereocenters. The van der Waals surface area contributed by atoms with Crippen molar-refractivity contribution in [2.45, 2.75) is 56.8 Å². The van der Waals surface area contributed by atoms with Crippen LogP contribution in [-0.4, -0.2) is 79.2 Å². The summed E-state index contributed by atoms with van der Waals surface area (Å²) in [5, 5.41) is 1.97. The van der Waals surface area contributed by atoms with Crippen molar-refractivity contribution in [1.82, 2.24) is 15.1 Å². The molecule has 0 radical (unpaired) electrons. The van der Waals surface area contributed by atoms with Gasteiger partial charge in [0.1, 0.15) is 12.8 Å². The quantitative estimate of drug-likeness (QED) is 0.627. The molecule has 2 saturated heterocycles. The molecule has 0 spiro atoms. The van der Waals surface area contributed by atoms with Gasteiger partial charge in [-0.05, 0) is 31.2 Å². The second kappa shape index (κ2) is 10.9. The fraction of sp³-hybridized carbons (Fsp3) is 0.625. The highest BCUT2D eigenvalue weighted by Crippen LogP contribution is 2.47. The molecule has 1 aliphatic carbocycles. The Hall–Kier alpha value is -3.02. The van der Waals surface area contributed by atoms with Crippen molar-refractivity contribution < 1.29 is 41.8 Å². The van der Waals surface area contributed by atoms with Gasteiger partial charge < -0.3 is 24.4 Å². The van der Waals surface area contributed by atoms with Gasteiger partial charge in [-0.25, -0.2) is 9.59 Å². The number of benzene rings is 1. The van der Waals surface area contributed by atoms with Crippen LogP contribution in [0.5, 0.6) is 0 Å². The molecule has 2 unspecified atom stereocenters. The number of halogens is 3. The maximum absolute atomic E-state index is 12.9. The minimum absolute atomic E-state index is 0.127. The molecule has 1 N–H and O–H groups in total. The van der Waals surface area contributed by atoms with Gasteiger partial charge in [0.2, 0.25) is 0 Å². The van der Waals surface area contributed by atoms with E-state index in [1.54, 1.807) is 4.90 Å². The highest BCUT2D eigenvalue weighted by molar-refractivity contribution is 5.82. The van der Waals surface area contributed by atoms with E-state index in [0.29, 0.717) is 38.8 Å². The number of nitrogens with one attached hydrogen (secondary N) is 1. The standard InChI is InChI=1S/C24H30F3N3O6/c1-34-23(33)30-19-8-7-17(20(30)28-21(31)24(25,26)27)18(19)14-35-16-9-11-29(12-10-16)22(32)36-13-15-5-3-2-4-6-15/h2-6,16-20H,7-14H2,1H3,(H,28,31)/t17?,18-,19?,20+/m1/s1. The molecule has 1 saturated carbocycles. The van der Waals surface area contributed by atoms with Crippen molar-refractivity contribution in [3.05, 3.63) is 35.9 Å². The van der Waals surface area contributed by atoms with Crippen LogP contribution in [0.1, 0.15) is 31.2 Å². The summed E-state index contributed by atoms with van der Waals surface area (Å²) in [6.45, 7) is 1.37. The van der Waals surface area contributed by atoms with Gasteiger partial charge in [-0.2, -0.15) is 13.2 Å². The predicted octanol–water partition coefficient (Wildman–Crippen LogP) is 3.29. The molecule has 3 aliphatic rings. The molecule has 2 bridgehead atoms. The SMILES string of the molecule is COC(=O)N1C2CCC([C@H]2COC2CCN(C(=O)OCc3ccccc3)CC2)[C@H]1NC(=O)C(F)(F)F. The van der Waals surface area contributed by atoms with Crippen LogP contribution in [0.25, 0.3) is 0 Å². The van der Waals surface area contributed by atoms with Gasteiger partial charge in [-0.15, -0.1) is 0 Å². The van der Waals surface area contributed by atoms with E-state index in [1.165, 1.54) is 4.90 Å². The number of alkyl halides is 3. The van der Waals surface area contributed by atoms with E-state index < -0.39 is 24.3 Å². The summed E-state index contributed by atoms with van der Waals surface area (Å²) in [7, 11) is 1.15. The zero-order valence-corrected chi connectivity index (χ0v) is 19.9. The van der Waals surface area contributed by atoms with Crippen LogP contribution in [0, 0.1) is 11.8 Å². The van der Waals surface area contributed by atoms with Gasteiger partial charge in [0.25, 0.3) is 0 Å². The Morgan fingerprint density at radius 3 is 2.36 bits per heavy atom. The average molecular weight is 514 g/mol. The Morgan fingerprint density at radius 1 is 1.03 bits per heavy atom. The number of hydrogen-bond donors (Lipinski definition) is 1. The smallest absolute Gasteiger partial charge is 0.453 e. The largest absolute Gasteiger partial charge is 0.471 e. The number of rotatable bonds is 6. The Morgan fingerprint density at radius 2 is 1.72 bits per heavy atom. The summed E-state index contributed by atoms with van der Waals surface area (Å²) >= 11 is 0. The number of hydrogen-bond acceptors (Lipinski definition) is 6. The minimum Gasteiger partial charge on any atom is -0.453 e. The third-order valence-corrected chi connectivity index (χ3v) is 7.25. The number of fused-ring (bicyclic) bond motifs is 2. The maximum Gasteiger partial charge on any atom is 0.471 e. The van der Waals surface area contributed by atoms with Crippen LogP contribution in [0.3, 0.4) is 0 Å². The van der Waals surface area contributed by atoms with E-state index in [4.69, 9.17) is 14.2 Å². The van der Waals surface area contributed by atoms with Crippen molar-refractivity contribution in [3.63, 3.8) is 0 Å². The number of likely N-dealkylation sites (tertiary alicyclic amines) is 2. The molecule has 1 aromatic carbocycles. The van der Waals surface area contributed by atoms with Crippen molar-refractivity contribution in [1.29, 1.82) is 0 Å². The first-order valence-electron chi connectivity index (χ1n) is 12.0. The maximum atomic E-state index is 12.9. The van der Waals surface area contributed by atoms with Crippen LogP contribution in [0.15, 0.2) is 30.3 Å². The molecule has 198 valence electrons. The third-order valence-electron chi connectivity index (χ3n) is 7.25. The predicted molar refractivity (Wildman–Crippen MR) is 119 cm³/mol.